The Morgan fingerprint density at radius 3 is 2.79 bits per heavy atom. The van der Waals surface area contributed by atoms with Gasteiger partial charge in [-0.1, -0.05) is 0 Å². The van der Waals surface area contributed by atoms with Crippen molar-refractivity contribution in [1.29, 1.82) is 0 Å². The third kappa shape index (κ3) is 2.13. The highest BCUT2D eigenvalue weighted by Crippen LogP contribution is 2.35. The van der Waals surface area contributed by atoms with Gasteiger partial charge in [-0.2, -0.15) is 0 Å². The SMILES string of the molecule is OC[C@H]1O[C@@H](n2cc(F)c3c(-c4cc[nH]c4)ncnc32)C(O)C1O. The second-order valence-corrected chi connectivity index (χ2v) is 5.63. The van der Waals surface area contributed by atoms with E-state index in [4.69, 9.17) is 4.74 Å². The Morgan fingerprint density at radius 2 is 2.12 bits per heavy atom. The number of nitrogens with one attached hydrogen (secondary N) is 1. The van der Waals surface area contributed by atoms with Crippen LogP contribution < -0.4 is 0 Å². The van der Waals surface area contributed by atoms with Gasteiger partial charge in [-0.3, -0.25) is 0 Å². The maximum absolute atomic E-state index is 14.6. The number of hydrogen-bond acceptors (Lipinski definition) is 6. The van der Waals surface area contributed by atoms with Gasteiger partial charge in [0.15, 0.2) is 12.0 Å². The molecule has 4 N–H and O–H groups in total. The van der Waals surface area contributed by atoms with Gasteiger partial charge in [0.2, 0.25) is 0 Å². The summed E-state index contributed by atoms with van der Waals surface area (Å²) in [6.45, 7) is -0.458. The van der Waals surface area contributed by atoms with Crippen molar-refractivity contribution < 1.29 is 24.4 Å². The van der Waals surface area contributed by atoms with E-state index in [-0.39, 0.29) is 11.0 Å². The van der Waals surface area contributed by atoms with E-state index in [0.29, 0.717) is 11.3 Å². The molecule has 1 aliphatic rings. The van der Waals surface area contributed by atoms with E-state index in [9.17, 15) is 19.7 Å². The number of aliphatic hydroxyl groups excluding tert-OH is 3. The lowest BCUT2D eigenvalue weighted by Gasteiger charge is -2.17. The van der Waals surface area contributed by atoms with Crippen LogP contribution in [0.1, 0.15) is 6.23 Å². The highest BCUT2D eigenvalue weighted by atomic mass is 19.1. The number of halogens is 1. The topological polar surface area (TPSA) is 116 Å². The summed E-state index contributed by atoms with van der Waals surface area (Å²) in [5, 5.41) is 29.4. The van der Waals surface area contributed by atoms with Gasteiger partial charge < -0.3 is 29.6 Å². The first-order chi connectivity index (χ1) is 11.6. The Bertz CT molecular complexity index is 866. The van der Waals surface area contributed by atoms with Crippen LogP contribution in [0.5, 0.6) is 0 Å². The zero-order chi connectivity index (χ0) is 16.8. The summed E-state index contributed by atoms with van der Waals surface area (Å²) in [6.07, 6.45) is 1.23. The molecule has 0 spiro atoms. The number of fused-ring (bicyclic) bond motifs is 1. The average Bonchev–Trinajstić information content (AvgIpc) is 3.29. The number of rotatable bonds is 3. The van der Waals surface area contributed by atoms with E-state index in [1.807, 2.05) is 0 Å². The second kappa shape index (κ2) is 5.64. The molecule has 4 atom stereocenters. The van der Waals surface area contributed by atoms with Crippen molar-refractivity contribution in [1.82, 2.24) is 19.5 Å². The number of aromatic nitrogens is 4. The molecule has 0 bridgehead atoms. The molecule has 24 heavy (non-hydrogen) atoms. The highest BCUT2D eigenvalue weighted by Gasteiger charge is 2.44. The summed E-state index contributed by atoms with van der Waals surface area (Å²) in [5.74, 6) is -0.570. The summed E-state index contributed by atoms with van der Waals surface area (Å²) in [4.78, 5) is 11.1. The predicted octanol–water partition coefficient (Wildman–Crippen LogP) is 0.177. The number of aromatic amines is 1. The van der Waals surface area contributed by atoms with Gasteiger partial charge in [0.1, 0.15) is 30.3 Å². The summed E-state index contributed by atoms with van der Waals surface area (Å²) in [6, 6.07) is 1.75. The number of H-pyrrole nitrogens is 1. The Morgan fingerprint density at radius 1 is 1.29 bits per heavy atom. The van der Waals surface area contributed by atoms with E-state index in [1.165, 1.54) is 10.9 Å². The molecular formula is C15H15FN4O4. The van der Waals surface area contributed by atoms with Gasteiger partial charge >= 0.3 is 0 Å². The lowest BCUT2D eigenvalue weighted by atomic mass is 10.1. The van der Waals surface area contributed by atoms with Gasteiger partial charge in [0, 0.05) is 24.2 Å². The Balaban J connectivity index is 1.86. The van der Waals surface area contributed by atoms with Crippen molar-refractivity contribution in [3.63, 3.8) is 0 Å². The lowest BCUT2D eigenvalue weighted by Crippen LogP contribution is -2.33. The third-order valence-electron chi connectivity index (χ3n) is 4.23. The minimum absolute atomic E-state index is 0.190. The number of nitrogens with zero attached hydrogens (tertiary/aromatic N) is 3. The monoisotopic (exact) mass is 334 g/mol. The highest BCUT2D eigenvalue weighted by molar-refractivity contribution is 5.91. The van der Waals surface area contributed by atoms with E-state index >= 15 is 0 Å². The van der Waals surface area contributed by atoms with Crippen LogP contribution in [0.2, 0.25) is 0 Å². The average molecular weight is 334 g/mol. The number of hydrogen-bond donors (Lipinski definition) is 4. The summed E-state index contributed by atoms with van der Waals surface area (Å²) < 4.78 is 21.3. The zero-order valence-electron chi connectivity index (χ0n) is 12.4. The van der Waals surface area contributed by atoms with Crippen molar-refractivity contribution in [3.8, 4) is 11.3 Å². The van der Waals surface area contributed by atoms with Crippen LogP contribution in [0.4, 0.5) is 4.39 Å². The summed E-state index contributed by atoms with van der Waals surface area (Å²) in [5.41, 5.74) is 1.33. The quantitative estimate of drug-likeness (QED) is 0.543. The largest absolute Gasteiger partial charge is 0.394 e. The Hall–Kier alpha value is -2.33. The van der Waals surface area contributed by atoms with Crippen LogP contribution in [-0.4, -0.2) is 59.8 Å². The first kappa shape index (κ1) is 15.2. The Kier molecular flexibility index (Phi) is 3.57. The lowest BCUT2D eigenvalue weighted by molar-refractivity contribution is -0.0510. The molecule has 3 aromatic rings. The molecule has 4 heterocycles. The smallest absolute Gasteiger partial charge is 0.164 e. The molecule has 3 aromatic heterocycles. The molecule has 0 saturated carbocycles. The molecule has 1 fully saturated rings. The van der Waals surface area contributed by atoms with Gasteiger partial charge in [-0.05, 0) is 6.07 Å². The molecule has 126 valence electrons. The van der Waals surface area contributed by atoms with Crippen LogP contribution in [0.3, 0.4) is 0 Å². The minimum atomic E-state index is -1.32. The van der Waals surface area contributed by atoms with Crippen molar-refractivity contribution in [3.05, 3.63) is 36.8 Å². The molecule has 8 nitrogen and oxygen atoms in total. The van der Waals surface area contributed by atoms with Crippen molar-refractivity contribution in [2.75, 3.05) is 6.61 Å². The molecule has 1 saturated heterocycles. The molecule has 0 amide bonds. The minimum Gasteiger partial charge on any atom is -0.394 e. The molecule has 0 aliphatic carbocycles. The maximum atomic E-state index is 14.6. The fraction of sp³-hybridized carbons (Fsp3) is 0.333. The first-order valence-electron chi connectivity index (χ1n) is 7.38. The number of ether oxygens (including phenoxy) is 1. The van der Waals surface area contributed by atoms with E-state index in [2.05, 4.69) is 15.0 Å². The van der Waals surface area contributed by atoms with E-state index < -0.39 is 37.0 Å². The molecule has 0 aromatic carbocycles. The van der Waals surface area contributed by atoms with Crippen molar-refractivity contribution >= 4 is 11.0 Å². The maximum Gasteiger partial charge on any atom is 0.164 e. The fourth-order valence-electron chi connectivity index (χ4n) is 3.03. The van der Waals surface area contributed by atoms with Crippen molar-refractivity contribution in [2.45, 2.75) is 24.5 Å². The molecule has 0 radical (unpaired) electrons. The summed E-state index contributed by atoms with van der Waals surface area (Å²) in [7, 11) is 0. The van der Waals surface area contributed by atoms with Crippen molar-refractivity contribution in [2.24, 2.45) is 0 Å². The molecule has 2 unspecified atom stereocenters. The zero-order valence-corrected chi connectivity index (χ0v) is 12.4. The fourth-order valence-corrected chi connectivity index (χ4v) is 3.03. The van der Waals surface area contributed by atoms with Gasteiger partial charge in [-0.15, -0.1) is 0 Å². The molecular weight excluding hydrogens is 319 g/mol. The van der Waals surface area contributed by atoms with E-state index in [0.717, 1.165) is 6.20 Å². The van der Waals surface area contributed by atoms with Crippen LogP contribution in [0, 0.1) is 5.82 Å². The standard InChI is InChI=1S/C15H15FN4O4/c16-8-4-20(15-13(23)12(22)9(5-21)24-15)14-10(8)11(18-6-19-14)7-1-2-17-3-7/h1-4,6,9,12-13,15,17,21-23H,5H2/t9-,12?,13?,15-/m1/s1. The molecule has 1 aliphatic heterocycles. The predicted molar refractivity (Wildman–Crippen MR) is 80.3 cm³/mol. The van der Waals surface area contributed by atoms with Crippen LogP contribution in [-0.2, 0) is 4.74 Å². The van der Waals surface area contributed by atoms with E-state index in [1.54, 1.807) is 18.5 Å². The Labute approximate surface area is 135 Å². The van der Waals surface area contributed by atoms with Crippen LogP contribution >= 0.6 is 0 Å². The van der Waals surface area contributed by atoms with Gasteiger partial charge in [0.25, 0.3) is 0 Å². The normalized spacial score (nSPS) is 27.2. The third-order valence-corrected chi connectivity index (χ3v) is 4.23. The number of aliphatic hydroxyl groups is 3. The van der Waals surface area contributed by atoms with Gasteiger partial charge in [-0.25, -0.2) is 14.4 Å². The molecule has 4 rings (SSSR count). The molecule has 9 heteroatoms. The van der Waals surface area contributed by atoms with Crippen LogP contribution in [0.15, 0.2) is 31.0 Å². The van der Waals surface area contributed by atoms with Gasteiger partial charge in [0.05, 0.1) is 17.7 Å². The van der Waals surface area contributed by atoms with Crippen LogP contribution in [0.25, 0.3) is 22.3 Å². The first-order valence-corrected chi connectivity index (χ1v) is 7.38. The summed E-state index contributed by atoms with van der Waals surface area (Å²) >= 11 is 0. The second-order valence-electron chi connectivity index (χ2n) is 5.63.